The van der Waals surface area contributed by atoms with Crippen molar-refractivity contribution in [3.8, 4) is 5.75 Å². The van der Waals surface area contributed by atoms with Gasteiger partial charge in [-0.25, -0.2) is 0 Å². The zero-order valence-corrected chi connectivity index (χ0v) is 13.1. The van der Waals surface area contributed by atoms with E-state index in [1.807, 2.05) is 24.3 Å². The fraction of sp³-hybridized carbons (Fsp3) is 0.529. The van der Waals surface area contributed by atoms with Gasteiger partial charge in [-0.15, -0.1) is 0 Å². The maximum Gasteiger partial charge on any atom is 0.244 e. The summed E-state index contributed by atoms with van der Waals surface area (Å²) >= 11 is 0. The van der Waals surface area contributed by atoms with Gasteiger partial charge in [-0.2, -0.15) is 0 Å². The summed E-state index contributed by atoms with van der Waals surface area (Å²) in [5.74, 6) is 0.682. The van der Waals surface area contributed by atoms with Gasteiger partial charge in [-0.1, -0.05) is 18.2 Å². The Hall–Kier alpha value is -2.04. The fourth-order valence-electron chi connectivity index (χ4n) is 3.38. The Labute approximate surface area is 130 Å². The van der Waals surface area contributed by atoms with Crippen molar-refractivity contribution in [3.63, 3.8) is 0 Å². The maximum atomic E-state index is 13.0. The van der Waals surface area contributed by atoms with Crippen molar-refractivity contribution >= 4 is 11.8 Å². The second-order valence-corrected chi connectivity index (χ2v) is 6.15. The normalized spacial score (nSPS) is 23.6. The molecule has 0 bridgehead atoms. The monoisotopic (exact) mass is 302 g/mol. The molecule has 1 aromatic rings. The highest BCUT2D eigenvalue weighted by molar-refractivity contribution is 5.91. The van der Waals surface area contributed by atoms with E-state index in [-0.39, 0.29) is 23.8 Å². The number of fused-ring (bicyclic) bond motifs is 1. The number of carbonyl (C=O) groups is 2. The number of likely N-dealkylation sites (N-methyl/N-ethyl adjacent to an activating group) is 1. The molecule has 1 fully saturated rings. The minimum atomic E-state index is -0.308. The molecule has 0 aromatic heterocycles. The van der Waals surface area contributed by atoms with E-state index in [4.69, 9.17) is 4.74 Å². The van der Waals surface area contributed by atoms with Crippen molar-refractivity contribution in [2.24, 2.45) is 0 Å². The molecule has 22 heavy (non-hydrogen) atoms. The number of nitrogens with zero attached hydrogens (tertiary/aromatic N) is 2. The van der Waals surface area contributed by atoms with Gasteiger partial charge in [0.25, 0.3) is 0 Å². The van der Waals surface area contributed by atoms with Gasteiger partial charge in [0.1, 0.15) is 11.8 Å². The SMILES string of the molecule is CN(C)C(=O)C1CCCN1C(=O)C1CCOc2ccccc21. The molecular formula is C17H22N2O3. The van der Waals surface area contributed by atoms with Crippen LogP contribution in [0.5, 0.6) is 5.75 Å². The first-order valence-corrected chi connectivity index (χ1v) is 7.83. The molecule has 2 heterocycles. The number of carbonyl (C=O) groups excluding carboxylic acids is 2. The fourth-order valence-corrected chi connectivity index (χ4v) is 3.38. The molecule has 0 spiro atoms. The quantitative estimate of drug-likeness (QED) is 0.834. The van der Waals surface area contributed by atoms with E-state index < -0.39 is 0 Å². The van der Waals surface area contributed by atoms with E-state index in [1.165, 1.54) is 0 Å². The Balaban J connectivity index is 1.84. The molecule has 2 unspecified atom stereocenters. The average Bonchev–Trinajstić information content (AvgIpc) is 3.02. The standard InChI is InChI=1S/C17H22N2O3/c1-18(2)17(21)14-7-5-10-19(14)16(20)13-9-11-22-15-8-4-3-6-12(13)15/h3-4,6,8,13-14H,5,7,9-11H2,1-2H3. The summed E-state index contributed by atoms with van der Waals surface area (Å²) < 4.78 is 5.63. The highest BCUT2D eigenvalue weighted by Crippen LogP contribution is 2.36. The van der Waals surface area contributed by atoms with Crippen molar-refractivity contribution < 1.29 is 14.3 Å². The topological polar surface area (TPSA) is 49.9 Å². The molecule has 0 radical (unpaired) electrons. The summed E-state index contributed by atoms with van der Waals surface area (Å²) in [7, 11) is 3.49. The Morgan fingerprint density at radius 3 is 2.77 bits per heavy atom. The molecule has 0 N–H and O–H groups in total. The molecule has 5 heteroatoms. The number of hydrogen-bond acceptors (Lipinski definition) is 3. The lowest BCUT2D eigenvalue weighted by molar-refractivity contribution is -0.143. The lowest BCUT2D eigenvalue weighted by atomic mass is 9.91. The third kappa shape index (κ3) is 2.56. The lowest BCUT2D eigenvalue weighted by Gasteiger charge is -2.32. The van der Waals surface area contributed by atoms with Crippen LogP contribution in [-0.4, -0.2) is 54.9 Å². The summed E-state index contributed by atoms with van der Waals surface area (Å²) in [5.41, 5.74) is 0.946. The number of likely N-dealkylation sites (tertiary alicyclic amines) is 1. The molecule has 118 valence electrons. The van der Waals surface area contributed by atoms with Crippen LogP contribution in [0.2, 0.25) is 0 Å². The van der Waals surface area contributed by atoms with Crippen LogP contribution in [0.3, 0.4) is 0 Å². The molecule has 2 amide bonds. The highest BCUT2D eigenvalue weighted by atomic mass is 16.5. The van der Waals surface area contributed by atoms with Gasteiger partial charge in [0, 0.05) is 26.2 Å². The van der Waals surface area contributed by atoms with Gasteiger partial charge in [-0.05, 0) is 25.3 Å². The zero-order valence-electron chi connectivity index (χ0n) is 13.1. The predicted octanol–water partition coefficient (Wildman–Crippen LogP) is 1.63. The molecule has 1 aromatic carbocycles. The largest absolute Gasteiger partial charge is 0.493 e. The summed E-state index contributed by atoms with van der Waals surface area (Å²) in [4.78, 5) is 28.6. The molecular weight excluding hydrogens is 280 g/mol. The van der Waals surface area contributed by atoms with E-state index in [1.54, 1.807) is 23.9 Å². The molecule has 2 aliphatic heterocycles. The summed E-state index contributed by atoms with van der Waals surface area (Å²) in [6, 6.07) is 7.40. The molecule has 5 nitrogen and oxygen atoms in total. The first kappa shape index (κ1) is 14.9. The number of ether oxygens (including phenoxy) is 1. The highest BCUT2D eigenvalue weighted by Gasteiger charge is 2.39. The smallest absolute Gasteiger partial charge is 0.244 e. The van der Waals surface area contributed by atoms with Crippen LogP contribution < -0.4 is 4.74 Å². The molecule has 2 aliphatic rings. The Bertz CT molecular complexity index is 585. The first-order valence-electron chi connectivity index (χ1n) is 7.83. The number of hydrogen-bond donors (Lipinski definition) is 0. The zero-order chi connectivity index (χ0) is 15.7. The third-order valence-corrected chi connectivity index (χ3v) is 4.52. The number of rotatable bonds is 2. The maximum absolute atomic E-state index is 13.0. The number of amides is 2. The van der Waals surface area contributed by atoms with E-state index in [2.05, 4.69) is 0 Å². The predicted molar refractivity (Wildman–Crippen MR) is 82.7 cm³/mol. The van der Waals surface area contributed by atoms with E-state index >= 15 is 0 Å². The van der Waals surface area contributed by atoms with Crippen molar-refractivity contribution in [3.05, 3.63) is 29.8 Å². The third-order valence-electron chi connectivity index (χ3n) is 4.52. The summed E-state index contributed by atoms with van der Waals surface area (Å²) in [6.07, 6.45) is 2.32. The van der Waals surface area contributed by atoms with Crippen LogP contribution in [0.4, 0.5) is 0 Å². The molecule has 0 saturated carbocycles. The van der Waals surface area contributed by atoms with Crippen LogP contribution in [0.25, 0.3) is 0 Å². The van der Waals surface area contributed by atoms with Crippen LogP contribution >= 0.6 is 0 Å². The summed E-state index contributed by atoms with van der Waals surface area (Å²) in [5, 5.41) is 0. The van der Waals surface area contributed by atoms with Gasteiger partial charge in [-0.3, -0.25) is 9.59 Å². The van der Waals surface area contributed by atoms with Crippen LogP contribution in [-0.2, 0) is 9.59 Å². The Morgan fingerprint density at radius 1 is 1.23 bits per heavy atom. The van der Waals surface area contributed by atoms with Gasteiger partial charge in [0.2, 0.25) is 11.8 Å². The van der Waals surface area contributed by atoms with E-state index in [9.17, 15) is 9.59 Å². The van der Waals surface area contributed by atoms with Crippen LogP contribution in [0.15, 0.2) is 24.3 Å². The Kier molecular flexibility index (Phi) is 4.05. The van der Waals surface area contributed by atoms with E-state index in [0.717, 1.165) is 24.2 Å². The van der Waals surface area contributed by atoms with Gasteiger partial charge in [0.15, 0.2) is 0 Å². The minimum Gasteiger partial charge on any atom is -0.493 e. The lowest BCUT2D eigenvalue weighted by Crippen LogP contribution is -2.47. The molecule has 3 rings (SSSR count). The Morgan fingerprint density at radius 2 is 2.00 bits per heavy atom. The first-order chi connectivity index (χ1) is 10.6. The van der Waals surface area contributed by atoms with E-state index in [0.29, 0.717) is 19.6 Å². The molecule has 2 atom stereocenters. The van der Waals surface area contributed by atoms with Gasteiger partial charge < -0.3 is 14.5 Å². The number of benzene rings is 1. The van der Waals surface area contributed by atoms with Gasteiger partial charge in [0.05, 0.1) is 12.5 Å². The van der Waals surface area contributed by atoms with Crippen LogP contribution in [0.1, 0.15) is 30.7 Å². The second kappa shape index (κ2) is 5.99. The van der Waals surface area contributed by atoms with Crippen molar-refractivity contribution in [1.29, 1.82) is 0 Å². The van der Waals surface area contributed by atoms with Crippen molar-refractivity contribution in [2.45, 2.75) is 31.2 Å². The average molecular weight is 302 g/mol. The van der Waals surface area contributed by atoms with Crippen molar-refractivity contribution in [2.75, 3.05) is 27.2 Å². The molecule has 1 saturated heterocycles. The van der Waals surface area contributed by atoms with Crippen LogP contribution in [0, 0.1) is 0 Å². The summed E-state index contributed by atoms with van der Waals surface area (Å²) in [6.45, 7) is 1.22. The number of para-hydroxylation sites is 1. The molecule has 0 aliphatic carbocycles. The minimum absolute atomic E-state index is 0.0196. The second-order valence-electron chi connectivity index (χ2n) is 6.15. The van der Waals surface area contributed by atoms with Crippen molar-refractivity contribution in [1.82, 2.24) is 9.80 Å². The van der Waals surface area contributed by atoms with Gasteiger partial charge >= 0.3 is 0 Å².